The summed E-state index contributed by atoms with van der Waals surface area (Å²) < 4.78 is 6.51. The van der Waals surface area contributed by atoms with Crippen LogP contribution < -0.4 is 11.1 Å². The number of nitrogens with one attached hydrogen (secondary N) is 1. The van der Waals surface area contributed by atoms with Crippen LogP contribution in [-0.4, -0.2) is 10.5 Å². The highest BCUT2D eigenvalue weighted by atomic mass is 16.4. The van der Waals surface area contributed by atoms with Gasteiger partial charge in [-0.2, -0.15) is 0 Å². The molecule has 0 aliphatic carbocycles. The average molecular weight is 324 g/mol. The number of hydrogen-bond acceptors (Lipinski definition) is 3. The van der Waals surface area contributed by atoms with Gasteiger partial charge in [-0.1, -0.05) is 48.9 Å². The average Bonchev–Trinajstić information content (AvgIpc) is 2.89. The number of oxazole rings is 1. The maximum absolute atomic E-state index is 12.4. The molecule has 3 rings (SSSR count). The molecule has 124 valence electrons. The van der Waals surface area contributed by atoms with Crippen molar-refractivity contribution in [3.8, 4) is 0 Å². The Balaban J connectivity index is 1.77. The largest absolute Gasteiger partial charge is 0.420 e. The first kappa shape index (κ1) is 16.1. The lowest BCUT2D eigenvalue weighted by Gasteiger charge is -2.17. The molecular formula is C19H20N2O3. The van der Waals surface area contributed by atoms with Crippen molar-refractivity contribution in [2.45, 2.75) is 32.9 Å². The summed E-state index contributed by atoms with van der Waals surface area (Å²) >= 11 is 0. The zero-order valence-corrected chi connectivity index (χ0v) is 13.8. The molecule has 1 unspecified atom stereocenters. The molecule has 0 aliphatic heterocycles. The lowest BCUT2D eigenvalue weighted by molar-refractivity contribution is -0.122. The van der Waals surface area contributed by atoms with Gasteiger partial charge in [-0.25, -0.2) is 4.79 Å². The van der Waals surface area contributed by atoms with Gasteiger partial charge in [-0.05, 0) is 31.0 Å². The van der Waals surface area contributed by atoms with Crippen molar-refractivity contribution in [1.29, 1.82) is 0 Å². The SMILES string of the molecule is CCC(NC(=O)Cn1c(=O)oc2ccccc21)c1ccc(C)cc1. The van der Waals surface area contributed by atoms with Gasteiger partial charge in [0.1, 0.15) is 6.54 Å². The molecular weight excluding hydrogens is 304 g/mol. The van der Waals surface area contributed by atoms with E-state index in [1.165, 1.54) is 10.1 Å². The molecule has 0 fully saturated rings. The number of nitrogens with zero attached hydrogens (tertiary/aromatic N) is 1. The summed E-state index contributed by atoms with van der Waals surface area (Å²) in [7, 11) is 0. The van der Waals surface area contributed by atoms with E-state index in [0.29, 0.717) is 11.1 Å². The Hall–Kier alpha value is -2.82. The summed E-state index contributed by atoms with van der Waals surface area (Å²) in [4.78, 5) is 24.4. The van der Waals surface area contributed by atoms with Crippen molar-refractivity contribution in [2.75, 3.05) is 0 Å². The van der Waals surface area contributed by atoms with Gasteiger partial charge >= 0.3 is 5.76 Å². The number of rotatable bonds is 5. The molecule has 0 saturated heterocycles. The number of para-hydroxylation sites is 2. The molecule has 1 heterocycles. The first-order valence-corrected chi connectivity index (χ1v) is 8.02. The van der Waals surface area contributed by atoms with E-state index in [2.05, 4.69) is 5.32 Å². The summed E-state index contributed by atoms with van der Waals surface area (Å²) in [5.41, 5.74) is 3.35. The van der Waals surface area contributed by atoms with Crippen LogP contribution in [0.15, 0.2) is 57.7 Å². The third kappa shape index (κ3) is 3.25. The van der Waals surface area contributed by atoms with E-state index in [1.807, 2.05) is 44.2 Å². The Morgan fingerprint density at radius 2 is 1.88 bits per heavy atom. The van der Waals surface area contributed by atoms with Crippen LogP contribution in [-0.2, 0) is 11.3 Å². The summed E-state index contributed by atoms with van der Waals surface area (Å²) in [5.74, 6) is -0.731. The maximum atomic E-state index is 12.4. The molecule has 0 bridgehead atoms. The van der Waals surface area contributed by atoms with Crippen molar-refractivity contribution in [3.63, 3.8) is 0 Å². The molecule has 5 nitrogen and oxygen atoms in total. The van der Waals surface area contributed by atoms with Crippen LogP contribution in [0.2, 0.25) is 0 Å². The lowest BCUT2D eigenvalue weighted by atomic mass is 10.0. The minimum absolute atomic E-state index is 0.0573. The van der Waals surface area contributed by atoms with E-state index in [-0.39, 0.29) is 18.5 Å². The van der Waals surface area contributed by atoms with Crippen LogP contribution in [0.4, 0.5) is 0 Å². The number of amides is 1. The minimum Gasteiger partial charge on any atom is -0.408 e. The van der Waals surface area contributed by atoms with Gasteiger partial charge in [-0.15, -0.1) is 0 Å². The lowest BCUT2D eigenvalue weighted by Crippen LogP contribution is -2.33. The van der Waals surface area contributed by atoms with Gasteiger partial charge in [0.05, 0.1) is 11.6 Å². The van der Waals surface area contributed by atoms with Crippen LogP contribution in [0.5, 0.6) is 0 Å². The zero-order chi connectivity index (χ0) is 17.1. The Morgan fingerprint density at radius 1 is 1.17 bits per heavy atom. The second kappa shape index (κ2) is 6.74. The topological polar surface area (TPSA) is 64.2 Å². The number of benzene rings is 2. The summed E-state index contributed by atoms with van der Waals surface area (Å²) in [6.45, 7) is 3.99. The van der Waals surface area contributed by atoms with Crippen LogP contribution in [0.1, 0.15) is 30.5 Å². The second-order valence-electron chi connectivity index (χ2n) is 5.86. The number of hydrogen-bond donors (Lipinski definition) is 1. The Bertz CT molecular complexity index is 906. The Labute approximate surface area is 139 Å². The van der Waals surface area contributed by atoms with Crippen LogP contribution >= 0.6 is 0 Å². The normalized spacial score (nSPS) is 12.2. The molecule has 3 aromatic rings. The molecule has 1 aromatic heterocycles. The highest BCUT2D eigenvalue weighted by molar-refractivity contribution is 5.79. The molecule has 0 spiro atoms. The third-order valence-electron chi connectivity index (χ3n) is 4.10. The van der Waals surface area contributed by atoms with Crippen molar-refractivity contribution in [2.24, 2.45) is 0 Å². The predicted molar refractivity (Wildman–Crippen MR) is 92.8 cm³/mol. The van der Waals surface area contributed by atoms with Crippen molar-refractivity contribution in [1.82, 2.24) is 9.88 Å². The van der Waals surface area contributed by atoms with Gasteiger partial charge < -0.3 is 9.73 Å². The van der Waals surface area contributed by atoms with Gasteiger partial charge in [0, 0.05) is 0 Å². The molecule has 1 amide bonds. The summed E-state index contributed by atoms with van der Waals surface area (Å²) in [5, 5.41) is 2.99. The fourth-order valence-electron chi connectivity index (χ4n) is 2.77. The summed E-state index contributed by atoms with van der Waals surface area (Å²) in [6.07, 6.45) is 0.774. The molecule has 1 N–H and O–H groups in total. The molecule has 1 atom stereocenters. The molecule has 2 aromatic carbocycles. The van der Waals surface area contributed by atoms with E-state index in [9.17, 15) is 9.59 Å². The van der Waals surface area contributed by atoms with Gasteiger partial charge in [-0.3, -0.25) is 9.36 Å². The third-order valence-corrected chi connectivity index (χ3v) is 4.10. The van der Waals surface area contributed by atoms with E-state index in [4.69, 9.17) is 4.42 Å². The minimum atomic E-state index is -0.519. The second-order valence-corrected chi connectivity index (χ2v) is 5.86. The highest BCUT2D eigenvalue weighted by Gasteiger charge is 2.16. The van der Waals surface area contributed by atoms with Crippen LogP contribution in [0.25, 0.3) is 11.1 Å². The smallest absolute Gasteiger partial charge is 0.408 e. The number of carbonyl (C=O) groups excluding carboxylic acids is 1. The fraction of sp³-hybridized carbons (Fsp3) is 0.263. The van der Waals surface area contributed by atoms with Crippen LogP contribution in [0.3, 0.4) is 0 Å². The Kier molecular flexibility index (Phi) is 4.51. The monoisotopic (exact) mass is 324 g/mol. The van der Waals surface area contributed by atoms with E-state index >= 15 is 0 Å². The standard InChI is InChI=1S/C19H20N2O3/c1-3-15(14-10-8-13(2)9-11-14)20-18(22)12-21-16-6-4-5-7-17(16)24-19(21)23/h4-11,15H,3,12H2,1-2H3,(H,20,22). The molecule has 0 saturated carbocycles. The van der Waals surface area contributed by atoms with Crippen molar-refractivity contribution < 1.29 is 9.21 Å². The van der Waals surface area contributed by atoms with E-state index in [0.717, 1.165) is 12.0 Å². The predicted octanol–water partition coefficient (Wildman–Crippen LogP) is 3.17. The van der Waals surface area contributed by atoms with Gasteiger partial charge in [0.2, 0.25) is 5.91 Å². The first-order valence-electron chi connectivity index (χ1n) is 8.02. The summed E-state index contributed by atoms with van der Waals surface area (Å²) in [6, 6.07) is 15.1. The quantitative estimate of drug-likeness (QED) is 0.784. The fourth-order valence-corrected chi connectivity index (χ4v) is 2.77. The van der Waals surface area contributed by atoms with E-state index in [1.54, 1.807) is 18.2 Å². The van der Waals surface area contributed by atoms with Crippen LogP contribution in [0, 0.1) is 6.92 Å². The van der Waals surface area contributed by atoms with Gasteiger partial charge in [0.25, 0.3) is 0 Å². The maximum Gasteiger partial charge on any atom is 0.420 e. The van der Waals surface area contributed by atoms with Crippen molar-refractivity contribution in [3.05, 3.63) is 70.2 Å². The first-order chi connectivity index (χ1) is 11.6. The van der Waals surface area contributed by atoms with Gasteiger partial charge in [0.15, 0.2) is 5.58 Å². The zero-order valence-electron chi connectivity index (χ0n) is 13.8. The number of aryl methyl sites for hydroxylation is 1. The molecule has 0 aliphatic rings. The molecule has 0 radical (unpaired) electrons. The number of fused-ring (bicyclic) bond motifs is 1. The molecule has 24 heavy (non-hydrogen) atoms. The highest BCUT2D eigenvalue weighted by Crippen LogP contribution is 2.17. The number of aromatic nitrogens is 1. The molecule has 5 heteroatoms. The number of carbonyl (C=O) groups is 1. The van der Waals surface area contributed by atoms with Crippen molar-refractivity contribution >= 4 is 17.0 Å². The Morgan fingerprint density at radius 3 is 2.58 bits per heavy atom. The van der Waals surface area contributed by atoms with E-state index < -0.39 is 5.76 Å².